The fourth-order valence-electron chi connectivity index (χ4n) is 1.84. The zero-order chi connectivity index (χ0) is 19.1. The highest BCUT2D eigenvalue weighted by Crippen LogP contribution is 2.57. The molecule has 0 nitrogen and oxygen atoms in total. The Kier molecular flexibility index (Phi) is 8.29. The lowest BCUT2D eigenvalue weighted by Gasteiger charge is -2.33. The number of halogens is 10. The molecule has 1 rings (SSSR count). The van der Waals surface area contributed by atoms with E-state index in [0.717, 1.165) is 0 Å². The van der Waals surface area contributed by atoms with E-state index in [-0.39, 0.29) is 17.0 Å². The summed E-state index contributed by atoms with van der Waals surface area (Å²) in [6, 6.07) is 4.70. The van der Waals surface area contributed by atoms with Crippen LogP contribution in [-0.2, 0) is 8.67 Å². The van der Waals surface area contributed by atoms with Crippen molar-refractivity contribution in [2.45, 2.75) is 30.1 Å². The van der Waals surface area contributed by atoms with Gasteiger partial charge in [0, 0.05) is 0 Å². The Morgan fingerprint density at radius 1 is 0.750 bits per heavy atom. The number of hydrogen-bond donors (Lipinski definition) is 0. The maximum atomic E-state index is 6.33. The van der Waals surface area contributed by atoms with Gasteiger partial charge in [0.25, 0.3) is 0 Å². The number of benzene rings is 1. The molecular weight excluding hydrogens is 523 g/mol. The molecule has 0 spiro atoms. The third kappa shape index (κ3) is 5.34. The van der Waals surface area contributed by atoms with Gasteiger partial charge >= 0.3 is 0 Å². The van der Waals surface area contributed by atoms with E-state index in [1.807, 2.05) is 20.3 Å². The van der Waals surface area contributed by atoms with Crippen LogP contribution in [-0.4, -0.2) is 7.59 Å². The summed E-state index contributed by atoms with van der Waals surface area (Å²) in [4.78, 5) is 0. The van der Waals surface area contributed by atoms with Crippen LogP contribution in [0, 0.1) is 12.3 Å². The molecule has 0 aliphatic carbocycles. The van der Waals surface area contributed by atoms with Crippen LogP contribution in [0.5, 0.6) is 0 Å². The quantitative estimate of drug-likeness (QED) is 0.339. The van der Waals surface area contributed by atoms with Gasteiger partial charge in [0.15, 0.2) is 8.67 Å². The van der Waals surface area contributed by atoms with Gasteiger partial charge in [-0.2, -0.15) is 0 Å². The molecule has 0 aromatic heterocycles. The van der Waals surface area contributed by atoms with Gasteiger partial charge in [0.05, 0.1) is 0 Å². The lowest BCUT2D eigenvalue weighted by molar-refractivity contribution is 0.761. The van der Waals surface area contributed by atoms with E-state index in [2.05, 4.69) is 0 Å². The molecule has 0 heterocycles. The third-order valence-corrected chi connectivity index (χ3v) is 7.82. The molecule has 0 amide bonds. The van der Waals surface area contributed by atoms with E-state index in [4.69, 9.17) is 116 Å². The Bertz CT molecular complexity index is 580. The fourth-order valence-corrected chi connectivity index (χ4v) is 3.04. The van der Waals surface area contributed by atoms with Crippen LogP contribution >= 0.6 is 116 Å². The van der Waals surface area contributed by atoms with Gasteiger partial charge in [-0.3, -0.25) is 0 Å². The van der Waals surface area contributed by atoms with E-state index in [9.17, 15) is 0 Å². The Morgan fingerprint density at radius 2 is 1.21 bits per heavy atom. The molecule has 24 heavy (non-hydrogen) atoms. The molecule has 0 aliphatic rings. The predicted molar refractivity (Wildman–Crippen MR) is 112 cm³/mol. The Hall–Kier alpha value is 2.12. The zero-order valence-corrected chi connectivity index (χ0v) is 19.7. The Balaban J connectivity index is 3.61. The molecule has 0 bridgehead atoms. The summed E-state index contributed by atoms with van der Waals surface area (Å²) in [6.45, 7) is 3.93. The fraction of sp³-hybridized carbons (Fsp3) is 0.500. The van der Waals surface area contributed by atoms with Crippen LogP contribution in [0.2, 0.25) is 0 Å². The van der Waals surface area contributed by atoms with Gasteiger partial charge in [-0.05, 0) is 35.1 Å². The molecule has 0 N–H and O–H groups in total. The second-order valence-electron chi connectivity index (χ2n) is 5.36. The molecule has 0 saturated heterocycles. The third-order valence-electron chi connectivity index (χ3n) is 2.98. The molecule has 1 aromatic rings. The summed E-state index contributed by atoms with van der Waals surface area (Å²) < 4.78 is -7.82. The van der Waals surface area contributed by atoms with Gasteiger partial charge in [0.1, 0.15) is 0 Å². The first-order chi connectivity index (χ1) is 10.5. The van der Waals surface area contributed by atoms with Gasteiger partial charge in [-0.25, -0.2) is 0 Å². The summed E-state index contributed by atoms with van der Waals surface area (Å²) in [7, 11) is 0. The van der Waals surface area contributed by atoms with Gasteiger partial charge in [-0.15, -0.1) is 0 Å². The normalized spacial score (nSPS) is 14.4. The molecular formula is C14H11Cl10. The van der Waals surface area contributed by atoms with Crippen molar-refractivity contribution in [2.75, 3.05) is 0 Å². The topological polar surface area (TPSA) is 0 Å². The molecule has 1 radical (unpaired) electrons. The molecule has 0 aliphatic heterocycles. The highest BCUT2D eigenvalue weighted by molar-refractivity contribution is 6.76. The minimum absolute atomic E-state index is 0.166. The van der Waals surface area contributed by atoms with Gasteiger partial charge in [0.2, 0.25) is 7.59 Å². The maximum absolute atomic E-state index is 6.33. The van der Waals surface area contributed by atoms with E-state index in [0.29, 0.717) is 5.56 Å². The maximum Gasteiger partial charge on any atom is 0.227 e. The van der Waals surface area contributed by atoms with Crippen LogP contribution < -0.4 is 0 Å². The molecule has 0 saturated carbocycles. The van der Waals surface area contributed by atoms with Crippen LogP contribution in [0.3, 0.4) is 0 Å². The van der Waals surface area contributed by atoms with Crippen molar-refractivity contribution in [3.63, 3.8) is 0 Å². The highest BCUT2D eigenvalue weighted by atomic mass is 35.6. The predicted octanol–water partition coefficient (Wildman–Crippen LogP) is 8.90. The number of rotatable bonds is 4. The smallest absolute Gasteiger partial charge is 0.0915 e. The SMILES string of the molecule is CC(C)[CH]c1ccc(C(Cl)(Cl)C(Cl)(Cl)Cl)cc1C(Cl)(Cl)C(Cl)(Cl)Cl. The van der Waals surface area contributed by atoms with Gasteiger partial charge in [-0.1, -0.05) is 142 Å². The molecule has 0 unspecified atom stereocenters. The largest absolute Gasteiger partial charge is 0.227 e. The second kappa shape index (κ2) is 8.24. The Morgan fingerprint density at radius 3 is 1.58 bits per heavy atom. The monoisotopic (exact) mass is 529 g/mol. The van der Waals surface area contributed by atoms with Crippen molar-refractivity contribution in [1.82, 2.24) is 0 Å². The van der Waals surface area contributed by atoms with Crippen LogP contribution in [0.25, 0.3) is 0 Å². The summed E-state index contributed by atoms with van der Waals surface area (Å²) >= 11 is 60.4. The number of alkyl halides is 10. The first-order valence-electron chi connectivity index (χ1n) is 6.40. The van der Waals surface area contributed by atoms with E-state index in [1.165, 1.54) is 6.07 Å². The zero-order valence-electron chi connectivity index (χ0n) is 12.2. The van der Waals surface area contributed by atoms with Crippen molar-refractivity contribution in [1.29, 1.82) is 0 Å². The first kappa shape index (κ1) is 24.2. The lowest BCUT2D eigenvalue weighted by Crippen LogP contribution is -2.32. The van der Waals surface area contributed by atoms with Crippen LogP contribution in [0.1, 0.15) is 30.5 Å². The van der Waals surface area contributed by atoms with E-state index >= 15 is 0 Å². The molecule has 0 atom stereocenters. The summed E-state index contributed by atoms with van der Waals surface area (Å²) in [5.41, 5.74) is 1.15. The minimum atomic E-state index is -2.03. The van der Waals surface area contributed by atoms with Crippen molar-refractivity contribution < 1.29 is 0 Å². The van der Waals surface area contributed by atoms with E-state index < -0.39 is 16.3 Å². The molecule has 1 aromatic carbocycles. The van der Waals surface area contributed by atoms with Crippen molar-refractivity contribution >= 4 is 116 Å². The summed E-state index contributed by atoms with van der Waals surface area (Å²) in [6.07, 6.45) is 1.88. The molecule has 10 heteroatoms. The Labute approximate surface area is 191 Å². The van der Waals surface area contributed by atoms with Gasteiger partial charge < -0.3 is 0 Å². The average Bonchev–Trinajstić information content (AvgIpc) is 2.35. The lowest BCUT2D eigenvalue weighted by atomic mass is 9.93. The standard InChI is InChI=1S/C14H11Cl10/c1-7(2)5-8-3-4-9(11(15,16)13(19,20)21)6-10(8)12(17,18)14(22,23)24/h3-7H,1-2H3. The van der Waals surface area contributed by atoms with E-state index in [1.54, 1.807) is 12.1 Å². The molecule has 137 valence electrons. The summed E-state index contributed by atoms with van der Waals surface area (Å²) in [5, 5.41) is 0. The average molecular weight is 534 g/mol. The summed E-state index contributed by atoms with van der Waals surface area (Å²) in [5.74, 6) is 0.166. The second-order valence-corrected chi connectivity index (χ2v) is 12.6. The number of hydrogen-bond acceptors (Lipinski definition) is 0. The van der Waals surface area contributed by atoms with Crippen molar-refractivity contribution in [2.24, 2.45) is 5.92 Å². The highest BCUT2D eigenvalue weighted by Gasteiger charge is 2.51. The van der Waals surface area contributed by atoms with Crippen LogP contribution in [0.15, 0.2) is 18.2 Å². The molecule has 0 fully saturated rings. The van der Waals surface area contributed by atoms with Crippen molar-refractivity contribution in [3.05, 3.63) is 41.3 Å². The minimum Gasteiger partial charge on any atom is -0.0915 e. The first-order valence-corrected chi connectivity index (χ1v) is 10.2. The van der Waals surface area contributed by atoms with Crippen molar-refractivity contribution in [3.8, 4) is 0 Å². The van der Waals surface area contributed by atoms with Crippen LogP contribution in [0.4, 0.5) is 0 Å².